The zero-order valence-corrected chi connectivity index (χ0v) is 12.0. The first-order valence-electron chi connectivity index (χ1n) is 6.81. The molecule has 0 aromatic heterocycles. The topological polar surface area (TPSA) is 29.1 Å². The Morgan fingerprint density at radius 1 is 1.17 bits per heavy atom. The molecule has 0 spiro atoms. The molecular weight excluding hydrogens is 242 g/mol. The van der Waals surface area contributed by atoms with Crippen LogP contribution in [0.25, 0.3) is 0 Å². The number of carbonyl (C=O) groups is 1. The van der Waals surface area contributed by atoms with Crippen LogP contribution in [0.15, 0.2) is 29.2 Å². The van der Waals surface area contributed by atoms with Crippen LogP contribution in [0, 0.1) is 0 Å². The molecule has 1 N–H and O–H groups in total. The van der Waals surface area contributed by atoms with E-state index in [0.29, 0.717) is 5.56 Å². The fourth-order valence-electron chi connectivity index (χ4n) is 1.86. The third-order valence-corrected chi connectivity index (χ3v) is 3.20. The van der Waals surface area contributed by atoms with Crippen molar-refractivity contribution in [1.82, 2.24) is 5.32 Å². The summed E-state index contributed by atoms with van der Waals surface area (Å²) in [6.45, 7) is 2.98. The Kier molecular flexibility index (Phi) is 7.58. The second kappa shape index (κ2) is 9.03. The van der Waals surface area contributed by atoms with Crippen LogP contribution in [0.1, 0.15) is 55.8 Å². The van der Waals surface area contributed by atoms with Gasteiger partial charge in [-0.3, -0.25) is 4.79 Å². The summed E-state index contributed by atoms with van der Waals surface area (Å²) in [7, 11) is 0. The number of benzene rings is 1. The minimum Gasteiger partial charge on any atom is -0.352 e. The van der Waals surface area contributed by atoms with Gasteiger partial charge in [-0.05, 0) is 24.6 Å². The quantitative estimate of drug-likeness (QED) is 0.538. The average Bonchev–Trinajstić information content (AvgIpc) is 2.37. The maximum absolute atomic E-state index is 11.8. The Morgan fingerprint density at radius 3 is 2.61 bits per heavy atom. The van der Waals surface area contributed by atoms with Crippen molar-refractivity contribution in [3.63, 3.8) is 0 Å². The first-order chi connectivity index (χ1) is 8.74. The lowest BCUT2D eigenvalue weighted by atomic mass is 10.1. The van der Waals surface area contributed by atoms with Gasteiger partial charge in [-0.15, -0.1) is 12.6 Å². The van der Waals surface area contributed by atoms with E-state index >= 15 is 0 Å². The van der Waals surface area contributed by atoms with Crippen molar-refractivity contribution in [2.75, 3.05) is 6.54 Å². The van der Waals surface area contributed by atoms with E-state index in [-0.39, 0.29) is 5.91 Å². The number of amides is 1. The van der Waals surface area contributed by atoms with E-state index in [2.05, 4.69) is 24.9 Å². The predicted octanol–water partition coefficient (Wildman–Crippen LogP) is 4.07. The molecule has 1 aromatic rings. The van der Waals surface area contributed by atoms with Gasteiger partial charge in [0, 0.05) is 17.0 Å². The van der Waals surface area contributed by atoms with Gasteiger partial charge >= 0.3 is 0 Å². The maximum atomic E-state index is 11.8. The van der Waals surface area contributed by atoms with Crippen molar-refractivity contribution in [3.8, 4) is 0 Å². The van der Waals surface area contributed by atoms with Gasteiger partial charge in [0.05, 0.1) is 0 Å². The van der Waals surface area contributed by atoms with Crippen molar-refractivity contribution in [3.05, 3.63) is 29.8 Å². The molecule has 2 nitrogen and oxygen atoms in total. The Balaban J connectivity index is 2.14. The summed E-state index contributed by atoms with van der Waals surface area (Å²) in [5.41, 5.74) is 0.688. The smallest absolute Gasteiger partial charge is 0.251 e. The van der Waals surface area contributed by atoms with Gasteiger partial charge in [-0.2, -0.15) is 0 Å². The van der Waals surface area contributed by atoms with Gasteiger partial charge in [0.1, 0.15) is 0 Å². The van der Waals surface area contributed by atoms with Crippen LogP contribution >= 0.6 is 12.6 Å². The van der Waals surface area contributed by atoms with Crippen molar-refractivity contribution in [1.29, 1.82) is 0 Å². The van der Waals surface area contributed by atoms with Gasteiger partial charge in [0.2, 0.25) is 0 Å². The molecule has 0 heterocycles. The van der Waals surface area contributed by atoms with E-state index in [0.717, 1.165) is 17.9 Å². The van der Waals surface area contributed by atoms with Gasteiger partial charge in [0.25, 0.3) is 5.91 Å². The predicted molar refractivity (Wildman–Crippen MR) is 79.4 cm³/mol. The highest BCUT2D eigenvalue weighted by atomic mass is 32.1. The molecule has 1 aromatic carbocycles. The highest BCUT2D eigenvalue weighted by Gasteiger charge is 2.03. The minimum atomic E-state index is -0.000502. The van der Waals surface area contributed by atoms with E-state index in [9.17, 15) is 4.79 Å². The van der Waals surface area contributed by atoms with Gasteiger partial charge in [0.15, 0.2) is 0 Å². The van der Waals surface area contributed by atoms with Crippen molar-refractivity contribution in [2.24, 2.45) is 0 Å². The number of thiol groups is 1. The van der Waals surface area contributed by atoms with E-state index in [1.807, 2.05) is 18.2 Å². The summed E-state index contributed by atoms with van der Waals surface area (Å²) in [6, 6.07) is 7.33. The standard InChI is InChI=1S/C15H23NOS/c1-2-3-4-5-6-7-11-16-15(17)13-9-8-10-14(18)12-13/h8-10,12,18H,2-7,11H2,1H3,(H,16,17). The molecule has 0 atom stereocenters. The zero-order valence-electron chi connectivity index (χ0n) is 11.1. The second-order valence-corrected chi connectivity index (χ2v) is 5.09. The summed E-state index contributed by atoms with van der Waals surface area (Å²) < 4.78 is 0. The zero-order chi connectivity index (χ0) is 13.2. The van der Waals surface area contributed by atoms with Crippen LogP contribution in [0.2, 0.25) is 0 Å². The van der Waals surface area contributed by atoms with Crippen LogP contribution in [0.5, 0.6) is 0 Å². The van der Waals surface area contributed by atoms with Crippen LogP contribution in [0.4, 0.5) is 0 Å². The molecule has 3 heteroatoms. The van der Waals surface area contributed by atoms with Crippen LogP contribution in [-0.4, -0.2) is 12.5 Å². The van der Waals surface area contributed by atoms with Gasteiger partial charge in [-0.25, -0.2) is 0 Å². The van der Waals surface area contributed by atoms with E-state index in [1.165, 1.54) is 32.1 Å². The number of unbranched alkanes of at least 4 members (excludes halogenated alkanes) is 5. The summed E-state index contributed by atoms with van der Waals surface area (Å²) in [5, 5.41) is 2.94. The molecule has 0 saturated heterocycles. The monoisotopic (exact) mass is 265 g/mol. The van der Waals surface area contributed by atoms with E-state index in [1.54, 1.807) is 6.07 Å². The fraction of sp³-hybridized carbons (Fsp3) is 0.533. The van der Waals surface area contributed by atoms with Crippen LogP contribution < -0.4 is 5.32 Å². The largest absolute Gasteiger partial charge is 0.352 e. The molecule has 0 aliphatic rings. The van der Waals surface area contributed by atoms with Crippen molar-refractivity contribution >= 4 is 18.5 Å². The summed E-state index contributed by atoms with van der Waals surface area (Å²) in [5.74, 6) is -0.000502. The number of hydrogen-bond donors (Lipinski definition) is 2. The third-order valence-electron chi connectivity index (χ3n) is 2.92. The van der Waals surface area contributed by atoms with Crippen molar-refractivity contribution < 1.29 is 4.79 Å². The SMILES string of the molecule is CCCCCCCCNC(=O)c1cccc(S)c1. The summed E-state index contributed by atoms with van der Waals surface area (Å²) >= 11 is 4.23. The lowest BCUT2D eigenvalue weighted by Crippen LogP contribution is -2.24. The number of rotatable bonds is 8. The number of hydrogen-bond acceptors (Lipinski definition) is 2. The normalized spacial score (nSPS) is 10.3. The Labute approximate surface area is 116 Å². The van der Waals surface area contributed by atoms with E-state index in [4.69, 9.17) is 0 Å². The molecule has 0 aliphatic heterocycles. The minimum absolute atomic E-state index is 0.000502. The Hall–Kier alpha value is -0.960. The molecular formula is C15H23NOS. The van der Waals surface area contributed by atoms with Gasteiger partial charge < -0.3 is 5.32 Å². The molecule has 0 saturated carbocycles. The summed E-state index contributed by atoms with van der Waals surface area (Å²) in [6.07, 6.45) is 7.45. The fourth-order valence-corrected chi connectivity index (χ4v) is 2.08. The van der Waals surface area contributed by atoms with E-state index < -0.39 is 0 Å². The molecule has 18 heavy (non-hydrogen) atoms. The molecule has 0 radical (unpaired) electrons. The third kappa shape index (κ3) is 6.10. The first-order valence-corrected chi connectivity index (χ1v) is 7.26. The highest BCUT2D eigenvalue weighted by molar-refractivity contribution is 7.80. The maximum Gasteiger partial charge on any atom is 0.251 e. The molecule has 1 rings (SSSR count). The Morgan fingerprint density at radius 2 is 1.89 bits per heavy atom. The number of carbonyl (C=O) groups excluding carboxylic acids is 1. The highest BCUT2D eigenvalue weighted by Crippen LogP contribution is 2.09. The molecule has 0 fully saturated rings. The van der Waals surface area contributed by atoms with Crippen molar-refractivity contribution in [2.45, 2.75) is 50.3 Å². The van der Waals surface area contributed by atoms with Crippen LogP contribution in [0.3, 0.4) is 0 Å². The molecule has 0 bridgehead atoms. The lowest BCUT2D eigenvalue weighted by molar-refractivity contribution is 0.0952. The molecule has 0 aliphatic carbocycles. The molecule has 0 unspecified atom stereocenters. The molecule has 100 valence electrons. The Bertz CT molecular complexity index is 365. The number of nitrogens with one attached hydrogen (secondary N) is 1. The van der Waals surface area contributed by atoms with Gasteiger partial charge in [-0.1, -0.05) is 45.1 Å². The van der Waals surface area contributed by atoms with Crippen LogP contribution in [-0.2, 0) is 0 Å². The average molecular weight is 265 g/mol. The molecule has 1 amide bonds. The second-order valence-electron chi connectivity index (χ2n) is 4.57. The first kappa shape index (κ1) is 15.1. The summed E-state index contributed by atoms with van der Waals surface area (Å²) in [4.78, 5) is 12.6. The lowest BCUT2D eigenvalue weighted by Gasteiger charge is -2.05.